The number of phenolic OH excluding ortho intramolecular Hbond substituents is 1. The van der Waals surface area contributed by atoms with Crippen molar-refractivity contribution < 1.29 is 15.0 Å². The minimum atomic E-state index is -0.899. The quantitative estimate of drug-likeness (QED) is 0.714. The van der Waals surface area contributed by atoms with Crippen molar-refractivity contribution in [1.29, 1.82) is 0 Å². The number of carboxylic acid groups (broad SMARTS) is 1. The summed E-state index contributed by atoms with van der Waals surface area (Å²) in [5.74, 6) is -0.619. The lowest BCUT2D eigenvalue weighted by atomic mass is 10.1. The summed E-state index contributed by atoms with van der Waals surface area (Å²) >= 11 is 0. The van der Waals surface area contributed by atoms with Crippen molar-refractivity contribution >= 4 is 5.97 Å². The minimum absolute atomic E-state index is 0.279. The monoisotopic (exact) mass is 285 g/mol. The fourth-order valence-corrected chi connectivity index (χ4v) is 2.19. The van der Waals surface area contributed by atoms with Gasteiger partial charge in [0.05, 0.1) is 5.56 Å². The molecular weight excluding hydrogens is 266 g/mol. The van der Waals surface area contributed by atoms with Crippen molar-refractivity contribution in [2.75, 3.05) is 6.54 Å². The topological polar surface area (TPSA) is 69.6 Å². The number of aromatic carboxylic acids is 1. The van der Waals surface area contributed by atoms with Crippen molar-refractivity contribution in [3.8, 4) is 5.75 Å². The van der Waals surface area contributed by atoms with E-state index >= 15 is 0 Å². The summed E-state index contributed by atoms with van der Waals surface area (Å²) in [6.07, 6.45) is 0.776. The van der Waals surface area contributed by atoms with Crippen LogP contribution in [0.15, 0.2) is 42.5 Å². The van der Waals surface area contributed by atoms with E-state index in [-0.39, 0.29) is 5.75 Å². The molecule has 0 aliphatic carbocycles. The summed E-state index contributed by atoms with van der Waals surface area (Å²) in [6.45, 7) is 3.46. The van der Waals surface area contributed by atoms with Crippen LogP contribution in [0.2, 0.25) is 0 Å². The Morgan fingerprint density at radius 1 is 1.19 bits per heavy atom. The zero-order chi connectivity index (χ0) is 15.2. The maximum absolute atomic E-state index is 10.9. The third-order valence-electron chi connectivity index (χ3n) is 3.41. The third kappa shape index (κ3) is 4.33. The van der Waals surface area contributed by atoms with Gasteiger partial charge in [-0.2, -0.15) is 0 Å². The first-order chi connectivity index (χ1) is 10.1. The molecule has 0 bridgehead atoms. The summed E-state index contributed by atoms with van der Waals surface area (Å²) in [4.78, 5) is 10.9. The van der Waals surface area contributed by atoms with Crippen molar-refractivity contribution in [2.24, 2.45) is 0 Å². The number of aryl methyl sites for hydroxylation is 1. The molecular formula is C17H19NO3. The highest BCUT2D eigenvalue weighted by molar-refractivity contribution is 5.87. The SMILES string of the molecule is Cc1cc(O)ccc1CNCCc1cccc(C(=O)O)c1. The van der Waals surface area contributed by atoms with Gasteiger partial charge in [0, 0.05) is 6.54 Å². The molecule has 0 heterocycles. The highest BCUT2D eigenvalue weighted by atomic mass is 16.4. The Hall–Kier alpha value is -2.33. The molecule has 0 saturated carbocycles. The van der Waals surface area contributed by atoms with Crippen LogP contribution in [0.3, 0.4) is 0 Å². The molecule has 110 valence electrons. The molecule has 0 atom stereocenters. The number of hydrogen-bond donors (Lipinski definition) is 3. The van der Waals surface area contributed by atoms with E-state index in [2.05, 4.69) is 5.32 Å². The molecule has 0 aliphatic rings. The van der Waals surface area contributed by atoms with E-state index in [0.717, 1.165) is 36.2 Å². The number of aromatic hydroxyl groups is 1. The van der Waals surface area contributed by atoms with Gasteiger partial charge < -0.3 is 15.5 Å². The van der Waals surface area contributed by atoms with E-state index in [1.54, 1.807) is 30.3 Å². The van der Waals surface area contributed by atoms with Gasteiger partial charge in [0.15, 0.2) is 0 Å². The highest BCUT2D eigenvalue weighted by Crippen LogP contribution is 2.15. The van der Waals surface area contributed by atoms with Crippen LogP contribution in [0.25, 0.3) is 0 Å². The second kappa shape index (κ2) is 6.90. The zero-order valence-corrected chi connectivity index (χ0v) is 12.0. The van der Waals surface area contributed by atoms with Crippen molar-refractivity contribution in [2.45, 2.75) is 19.9 Å². The standard InChI is InChI=1S/C17H19NO3/c1-12-9-16(19)6-5-15(12)11-18-8-7-13-3-2-4-14(10-13)17(20)21/h2-6,9-10,18-19H,7-8,11H2,1H3,(H,20,21). The van der Waals surface area contributed by atoms with Gasteiger partial charge in [0.25, 0.3) is 0 Å². The van der Waals surface area contributed by atoms with Gasteiger partial charge in [-0.15, -0.1) is 0 Å². The third-order valence-corrected chi connectivity index (χ3v) is 3.41. The molecule has 0 amide bonds. The van der Waals surface area contributed by atoms with Gasteiger partial charge in [-0.1, -0.05) is 18.2 Å². The van der Waals surface area contributed by atoms with Gasteiger partial charge >= 0.3 is 5.97 Å². The van der Waals surface area contributed by atoms with E-state index < -0.39 is 5.97 Å². The molecule has 4 heteroatoms. The number of hydrogen-bond acceptors (Lipinski definition) is 3. The lowest BCUT2D eigenvalue weighted by Gasteiger charge is -2.08. The van der Waals surface area contributed by atoms with Crippen LogP contribution in [0.1, 0.15) is 27.0 Å². The Morgan fingerprint density at radius 3 is 2.71 bits per heavy atom. The Labute approximate surface area is 124 Å². The molecule has 0 unspecified atom stereocenters. The van der Waals surface area contributed by atoms with Crippen LogP contribution < -0.4 is 5.32 Å². The molecule has 0 saturated heterocycles. The molecule has 2 aromatic carbocycles. The second-order valence-electron chi connectivity index (χ2n) is 5.04. The number of benzene rings is 2. The predicted octanol–water partition coefficient (Wildman–Crippen LogP) is 2.73. The Morgan fingerprint density at radius 2 is 2.00 bits per heavy atom. The van der Waals surface area contributed by atoms with Crippen molar-refractivity contribution in [1.82, 2.24) is 5.32 Å². The number of nitrogens with one attached hydrogen (secondary N) is 1. The maximum Gasteiger partial charge on any atom is 0.335 e. The van der Waals surface area contributed by atoms with Crippen LogP contribution in [0.5, 0.6) is 5.75 Å². The van der Waals surface area contributed by atoms with Gasteiger partial charge in [-0.3, -0.25) is 0 Å². The molecule has 21 heavy (non-hydrogen) atoms. The molecule has 0 spiro atoms. The van der Waals surface area contributed by atoms with E-state index in [0.29, 0.717) is 5.56 Å². The van der Waals surface area contributed by atoms with Gasteiger partial charge in [0.2, 0.25) is 0 Å². The van der Waals surface area contributed by atoms with Crippen LogP contribution in [0, 0.1) is 6.92 Å². The number of rotatable bonds is 6. The Balaban J connectivity index is 1.84. The molecule has 3 N–H and O–H groups in total. The highest BCUT2D eigenvalue weighted by Gasteiger charge is 2.03. The van der Waals surface area contributed by atoms with E-state index in [9.17, 15) is 9.90 Å². The maximum atomic E-state index is 10.9. The molecule has 0 fully saturated rings. The van der Waals surface area contributed by atoms with Crippen LogP contribution in [-0.4, -0.2) is 22.7 Å². The fraction of sp³-hybridized carbons (Fsp3) is 0.235. The predicted molar refractivity (Wildman–Crippen MR) is 81.7 cm³/mol. The first kappa shape index (κ1) is 15.1. The van der Waals surface area contributed by atoms with Crippen LogP contribution in [-0.2, 0) is 13.0 Å². The lowest BCUT2D eigenvalue weighted by molar-refractivity contribution is 0.0696. The lowest BCUT2D eigenvalue weighted by Crippen LogP contribution is -2.17. The average Bonchev–Trinajstić information content (AvgIpc) is 2.45. The van der Waals surface area contributed by atoms with Gasteiger partial charge in [-0.05, 0) is 60.8 Å². The van der Waals surface area contributed by atoms with E-state index in [4.69, 9.17) is 5.11 Å². The van der Waals surface area contributed by atoms with Crippen molar-refractivity contribution in [3.63, 3.8) is 0 Å². The van der Waals surface area contributed by atoms with E-state index in [1.807, 2.05) is 19.1 Å². The summed E-state index contributed by atoms with van der Waals surface area (Å²) < 4.78 is 0. The number of carbonyl (C=O) groups is 1. The minimum Gasteiger partial charge on any atom is -0.508 e. The number of phenols is 1. The van der Waals surface area contributed by atoms with E-state index in [1.165, 1.54) is 0 Å². The summed E-state index contributed by atoms with van der Waals surface area (Å²) in [7, 11) is 0. The Bertz CT molecular complexity index is 638. The average molecular weight is 285 g/mol. The molecule has 0 radical (unpaired) electrons. The van der Waals surface area contributed by atoms with Crippen LogP contribution >= 0.6 is 0 Å². The number of carboxylic acids is 1. The van der Waals surface area contributed by atoms with Crippen molar-refractivity contribution in [3.05, 3.63) is 64.7 Å². The Kier molecular flexibility index (Phi) is 4.95. The normalized spacial score (nSPS) is 10.5. The summed E-state index contributed by atoms with van der Waals surface area (Å²) in [5, 5.41) is 21.6. The molecule has 4 nitrogen and oxygen atoms in total. The first-order valence-electron chi connectivity index (χ1n) is 6.87. The smallest absolute Gasteiger partial charge is 0.335 e. The summed E-state index contributed by atoms with van der Waals surface area (Å²) in [5.41, 5.74) is 3.52. The van der Waals surface area contributed by atoms with Crippen LogP contribution in [0.4, 0.5) is 0 Å². The molecule has 0 aromatic heterocycles. The van der Waals surface area contributed by atoms with Gasteiger partial charge in [0.1, 0.15) is 5.75 Å². The molecule has 2 aromatic rings. The molecule has 0 aliphatic heterocycles. The molecule has 2 rings (SSSR count). The van der Waals surface area contributed by atoms with Gasteiger partial charge in [-0.25, -0.2) is 4.79 Å². The summed E-state index contributed by atoms with van der Waals surface area (Å²) in [6, 6.07) is 12.3. The zero-order valence-electron chi connectivity index (χ0n) is 12.0. The fourth-order valence-electron chi connectivity index (χ4n) is 2.19. The first-order valence-corrected chi connectivity index (χ1v) is 6.87. The second-order valence-corrected chi connectivity index (χ2v) is 5.04. The largest absolute Gasteiger partial charge is 0.508 e.